The molecule has 4 aliphatic carbocycles. The van der Waals surface area contributed by atoms with Crippen molar-refractivity contribution in [3.05, 3.63) is 17.5 Å². The Kier molecular flexibility index (Phi) is 2.78. The molecule has 0 aromatic carbocycles. The van der Waals surface area contributed by atoms with Gasteiger partial charge in [0.25, 0.3) is 0 Å². The van der Waals surface area contributed by atoms with Crippen LogP contribution in [0.4, 0.5) is 5.82 Å². The van der Waals surface area contributed by atoms with Crippen LogP contribution < -0.4 is 5.32 Å². The van der Waals surface area contributed by atoms with E-state index in [2.05, 4.69) is 15.3 Å². The maximum absolute atomic E-state index is 12.7. The quantitative estimate of drug-likeness (QED) is 0.910. The highest BCUT2D eigenvalue weighted by atomic mass is 35.5. The van der Waals surface area contributed by atoms with Crippen LogP contribution in [-0.4, -0.2) is 15.9 Å². The van der Waals surface area contributed by atoms with Gasteiger partial charge in [-0.05, 0) is 56.3 Å². The molecule has 0 unspecified atom stereocenters. The number of nitrogens with one attached hydrogen (secondary N) is 1. The average molecular weight is 292 g/mol. The molecule has 0 saturated heterocycles. The van der Waals surface area contributed by atoms with Crippen molar-refractivity contribution >= 4 is 23.3 Å². The summed E-state index contributed by atoms with van der Waals surface area (Å²) < 4.78 is 0. The molecule has 4 aliphatic rings. The zero-order valence-electron chi connectivity index (χ0n) is 11.3. The van der Waals surface area contributed by atoms with Crippen LogP contribution in [0, 0.1) is 23.2 Å². The standard InChI is InChI=1S/C15H18ClN3O/c16-12-7-18-13(8-17-12)19-14(20)15-4-9-1-10(5-15)3-11(2-9)6-15/h7-11H,1-6H2,(H,18,19,20). The summed E-state index contributed by atoms with van der Waals surface area (Å²) in [5, 5.41) is 3.30. The molecule has 1 amide bonds. The summed E-state index contributed by atoms with van der Waals surface area (Å²) in [4.78, 5) is 20.8. The number of hydrogen-bond donors (Lipinski definition) is 1. The van der Waals surface area contributed by atoms with Gasteiger partial charge in [-0.3, -0.25) is 4.79 Å². The number of halogens is 1. The van der Waals surface area contributed by atoms with Crippen LogP contribution in [-0.2, 0) is 4.79 Å². The third-order valence-corrected chi connectivity index (χ3v) is 5.58. The Balaban J connectivity index is 1.54. The summed E-state index contributed by atoms with van der Waals surface area (Å²) in [5.41, 5.74) is -0.143. The van der Waals surface area contributed by atoms with E-state index in [1.54, 1.807) is 0 Å². The Morgan fingerprint density at radius 1 is 1.10 bits per heavy atom. The van der Waals surface area contributed by atoms with Crippen molar-refractivity contribution in [2.24, 2.45) is 23.2 Å². The van der Waals surface area contributed by atoms with E-state index in [4.69, 9.17) is 11.6 Å². The molecule has 0 aliphatic heterocycles. The predicted octanol–water partition coefficient (Wildman–Crippen LogP) is 3.28. The molecular formula is C15H18ClN3O. The number of anilines is 1. The molecular weight excluding hydrogens is 274 g/mol. The molecule has 1 aromatic heterocycles. The molecule has 0 atom stereocenters. The van der Waals surface area contributed by atoms with Gasteiger partial charge in [0.15, 0.2) is 5.82 Å². The van der Waals surface area contributed by atoms with Gasteiger partial charge in [-0.15, -0.1) is 0 Å². The fraction of sp³-hybridized carbons (Fsp3) is 0.667. The number of rotatable bonds is 2. The van der Waals surface area contributed by atoms with Gasteiger partial charge in [-0.2, -0.15) is 0 Å². The van der Waals surface area contributed by atoms with E-state index in [1.807, 2.05) is 0 Å². The highest BCUT2D eigenvalue weighted by Crippen LogP contribution is 2.60. The molecule has 0 radical (unpaired) electrons. The van der Waals surface area contributed by atoms with Crippen LogP contribution in [0.3, 0.4) is 0 Å². The Bertz CT molecular complexity index is 507. The van der Waals surface area contributed by atoms with Crippen molar-refractivity contribution in [3.63, 3.8) is 0 Å². The minimum Gasteiger partial charge on any atom is -0.309 e. The normalized spacial score (nSPS) is 38.0. The lowest BCUT2D eigenvalue weighted by molar-refractivity contribution is -0.140. The summed E-state index contributed by atoms with van der Waals surface area (Å²) in [7, 11) is 0. The first-order valence-electron chi connectivity index (χ1n) is 7.42. The van der Waals surface area contributed by atoms with Crippen molar-refractivity contribution in [2.75, 3.05) is 5.32 Å². The Hall–Kier alpha value is -1.16. The van der Waals surface area contributed by atoms with Gasteiger partial charge in [-0.1, -0.05) is 11.6 Å². The molecule has 1 N–H and O–H groups in total. The molecule has 1 heterocycles. The number of aromatic nitrogens is 2. The van der Waals surface area contributed by atoms with E-state index >= 15 is 0 Å². The van der Waals surface area contributed by atoms with Gasteiger partial charge < -0.3 is 5.32 Å². The Labute approximate surface area is 123 Å². The van der Waals surface area contributed by atoms with Gasteiger partial charge >= 0.3 is 0 Å². The minimum atomic E-state index is -0.143. The maximum atomic E-state index is 12.7. The number of nitrogens with zero attached hydrogens (tertiary/aromatic N) is 2. The number of carbonyl (C=O) groups excluding carboxylic acids is 1. The van der Waals surface area contributed by atoms with Crippen molar-refractivity contribution in [3.8, 4) is 0 Å². The lowest BCUT2D eigenvalue weighted by atomic mass is 9.49. The molecule has 4 saturated carbocycles. The smallest absolute Gasteiger partial charge is 0.231 e. The zero-order valence-corrected chi connectivity index (χ0v) is 12.1. The minimum absolute atomic E-state index is 0.143. The first-order chi connectivity index (χ1) is 9.63. The molecule has 5 rings (SSSR count). The van der Waals surface area contributed by atoms with E-state index in [0.29, 0.717) is 11.0 Å². The van der Waals surface area contributed by atoms with Crippen molar-refractivity contribution in [1.82, 2.24) is 9.97 Å². The number of amides is 1. The third-order valence-electron chi connectivity index (χ3n) is 5.38. The molecule has 20 heavy (non-hydrogen) atoms. The fourth-order valence-corrected chi connectivity index (χ4v) is 5.11. The van der Waals surface area contributed by atoms with E-state index in [1.165, 1.54) is 31.7 Å². The highest BCUT2D eigenvalue weighted by Gasteiger charge is 2.54. The second-order valence-corrected chi connectivity index (χ2v) is 7.26. The van der Waals surface area contributed by atoms with Crippen molar-refractivity contribution in [1.29, 1.82) is 0 Å². The SMILES string of the molecule is O=C(Nc1cnc(Cl)cn1)C12CC3CC(CC(C3)C1)C2. The first-order valence-corrected chi connectivity index (χ1v) is 7.80. The number of hydrogen-bond acceptors (Lipinski definition) is 3. The van der Waals surface area contributed by atoms with Gasteiger partial charge in [0.1, 0.15) is 5.15 Å². The fourth-order valence-electron chi connectivity index (χ4n) is 5.01. The highest BCUT2D eigenvalue weighted by molar-refractivity contribution is 6.29. The largest absolute Gasteiger partial charge is 0.309 e. The predicted molar refractivity (Wildman–Crippen MR) is 76.3 cm³/mol. The topological polar surface area (TPSA) is 54.9 Å². The molecule has 4 bridgehead atoms. The molecule has 5 heteroatoms. The maximum Gasteiger partial charge on any atom is 0.231 e. The number of carbonyl (C=O) groups is 1. The van der Waals surface area contributed by atoms with Gasteiger partial charge in [0.2, 0.25) is 5.91 Å². The molecule has 4 fully saturated rings. The monoisotopic (exact) mass is 291 g/mol. The van der Waals surface area contributed by atoms with Crippen molar-refractivity contribution < 1.29 is 4.79 Å². The molecule has 1 aromatic rings. The Morgan fingerprint density at radius 2 is 1.70 bits per heavy atom. The van der Waals surface area contributed by atoms with Crippen LogP contribution in [0.5, 0.6) is 0 Å². The summed E-state index contributed by atoms with van der Waals surface area (Å²) in [6.07, 6.45) is 10.2. The van der Waals surface area contributed by atoms with E-state index in [-0.39, 0.29) is 11.3 Å². The van der Waals surface area contributed by atoms with Crippen LogP contribution >= 0.6 is 11.6 Å². The van der Waals surface area contributed by atoms with Crippen molar-refractivity contribution in [2.45, 2.75) is 38.5 Å². The summed E-state index contributed by atoms with van der Waals surface area (Å²) >= 11 is 5.72. The van der Waals surface area contributed by atoms with Crippen LogP contribution in [0.15, 0.2) is 12.4 Å². The molecule has 4 nitrogen and oxygen atoms in total. The molecule has 0 spiro atoms. The first kappa shape index (κ1) is 12.6. The van der Waals surface area contributed by atoms with E-state index in [0.717, 1.165) is 37.0 Å². The second-order valence-electron chi connectivity index (χ2n) is 6.88. The summed E-state index contributed by atoms with van der Waals surface area (Å²) in [6.45, 7) is 0. The lowest BCUT2D eigenvalue weighted by Gasteiger charge is -2.55. The van der Waals surface area contributed by atoms with E-state index in [9.17, 15) is 4.79 Å². The summed E-state index contributed by atoms with van der Waals surface area (Å²) in [6, 6.07) is 0. The van der Waals surface area contributed by atoms with Crippen LogP contribution in [0.2, 0.25) is 5.15 Å². The molecule has 106 valence electrons. The average Bonchev–Trinajstić information content (AvgIpc) is 2.40. The van der Waals surface area contributed by atoms with Gasteiger partial charge in [0, 0.05) is 0 Å². The zero-order chi connectivity index (χ0) is 13.7. The summed E-state index contributed by atoms with van der Waals surface area (Å²) in [5.74, 6) is 2.96. The van der Waals surface area contributed by atoms with Crippen LogP contribution in [0.1, 0.15) is 38.5 Å². The lowest BCUT2D eigenvalue weighted by Crippen LogP contribution is -2.51. The second kappa shape index (κ2) is 4.42. The Morgan fingerprint density at radius 3 is 2.20 bits per heavy atom. The van der Waals surface area contributed by atoms with Gasteiger partial charge in [-0.25, -0.2) is 9.97 Å². The van der Waals surface area contributed by atoms with E-state index < -0.39 is 0 Å². The van der Waals surface area contributed by atoms with Crippen LogP contribution in [0.25, 0.3) is 0 Å². The van der Waals surface area contributed by atoms with Gasteiger partial charge in [0.05, 0.1) is 17.8 Å². The third kappa shape index (κ3) is 2.01.